The van der Waals surface area contributed by atoms with Crippen LogP contribution in [-0.4, -0.2) is 84.0 Å². The maximum atomic E-state index is 13.0. The monoisotopic (exact) mass is 569 g/mol. The number of piperidine rings is 1. The second-order valence-electron chi connectivity index (χ2n) is 11.8. The minimum atomic E-state index is -0.614. The van der Waals surface area contributed by atoms with Crippen LogP contribution in [0.4, 0.5) is 5.82 Å². The second kappa shape index (κ2) is 11.0. The molecule has 0 bridgehead atoms. The number of anilines is 1. The van der Waals surface area contributed by atoms with Gasteiger partial charge < -0.3 is 19.3 Å². The van der Waals surface area contributed by atoms with Crippen LogP contribution in [0.2, 0.25) is 0 Å². The van der Waals surface area contributed by atoms with Gasteiger partial charge in [-0.3, -0.25) is 24.6 Å². The summed E-state index contributed by atoms with van der Waals surface area (Å²) in [7, 11) is 1.77. The average molecular weight is 570 g/mol. The van der Waals surface area contributed by atoms with Crippen molar-refractivity contribution in [3.63, 3.8) is 0 Å². The number of aromatic nitrogens is 1. The Morgan fingerprint density at radius 1 is 0.952 bits per heavy atom. The predicted molar refractivity (Wildman–Crippen MR) is 156 cm³/mol. The Labute approximate surface area is 244 Å². The molecule has 10 nitrogen and oxygen atoms in total. The largest absolute Gasteiger partial charge is 0.489 e. The van der Waals surface area contributed by atoms with E-state index in [1.54, 1.807) is 18.1 Å². The summed E-state index contributed by atoms with van der Waals surface area (Å²) in [5, 5.41) is 3.49. The molecule has 4 aliphatic heterocycles. The van der Waals surface area contributed by atoms with Gasteiger partial charge in [-0.05, 0) is 72.9 Å². The number of carbonyl (C=O) groups excluding carboxylic acids is 3. The van der Waals surface area contributed by atoms with E-state index < -0.39 is 11.9 Å². The van der Waals surface area contributed by atoms with Gasteiger partial charge in [0.25, 0.3) is 5.91 Å². The standard InChI is InChI=1S/C32H35N5O5/c1-41-24-11-13-36(19-24)29-8-3-21-14-20(2-6-27(21)33-29)16-35-12-10-25(18-35)42-23-4-5-26-22(15-23)17-37(32(26)40)28-7-9-30(38)34-31(28)39/h2-6,8,14-15,24-25,28H,7,9-13,16-19H2,1H3,(H,34,38,39)/t24-,25-,28?/m0/s1. The molecule has 10 heteroatoms. The highest BCUT2D eigenvalue weighted by molar-refractivity contribution is 6.05. The topological polar surface area (TPSA) is 104 Å². The van der Waals surface area contributed by atoms with E-state index in [2.05, 4.69) is 45.4 Å². The molecule has 5 heterocycles. The first-order valence-corrected chi connectivity index (χ1v) is 14.8. The predicted octanol–water partition coefficient (Wildman–Crippen LogP) is 2.87. The lowest BCUT2D eigenvalue weighted by molar-refractivity contribution is -0.136. The first-order chi connectivity index (χ1) is 20.4. The number of nitrogens with zero attached hydrogens (tertiary/aromatic N) is 4. The van der Waals surface area contributed by atoms with Gasteiger partial charge in [-0.1, -0.05) is 6.07 Å². The molecular weight excluding hydrogens is 534 g/mol. The summed E-state index contributed by atoms with van der Waals surface area (Å²) in [6.07, 6.45) is 2.90. The zero-order valence-corrected chi connectivity index (χ0v) is 23.8. The third-order valence-corrected chi connectivity index (χ3v) is 8.97. The molecule has 3 saturated heterocycles. The number of hydrogen-bond acceptors (Lipinski definition) is 8. The van der Waals surface area contributed by atoms with Crippen LogP contribution in [0.3, 0.4) is 0 Å². The number of hydrogen-bond donors (Lipinski definition) is 1. The van der Waals surface area contributed by atoms with Crippen LogP contribution < -0.4 is 15.0 Å². The average Bonchev–Trinajstić information content (AvgIpc) is 3.72. The number of rotatable bonds is 7. The molecule has 42 heavy (non-hydrogen) atoms. The van der Waals surface area contributed by atoms with E-state index in [0.717, 1.165) is 73.6 Å². The number of fused-ring (bicyclic) bond motifs is 2. The van der Waals surface area contributed by atoms with Crippen molar-refractivity contribution in [2.24, 2.45) is 0 Å². The van der Waals surface area contributed by atoms with Gasteiger partial charge in [0.2, 0.25) is 11.8 Å². The maximum absolute atomic E-state index is 13.0. The first kappa shape index (κ1) is 26.9. The van der Waals surface area contributed by atoms with Gasteiger partial charge in [0.05, 0.1) is 11.6 Å². The van der Waals surface area contributed by atoms with Gasteiger partial charge in [0, 0.05) is 63.7 Å². The van der Waals surface area contributed by atoms with Gasteiger partial charge in [-0.2, -0.15) is 0 Å². The van der Waals surface area contributed by atoms with Crippen molar-refractivity contribution in [1.82, 2.24) is 20.1 Å². The van der Waals surface area contributed by atoms with Crippen molar-refractivity contribution in [1.29, 1.82) is 0 Å². The molecule has 0 aliphatic carbocycles. The molecule has 2 aromatic carbocycles. The number of nitrogens with one attached hydrogen (secondary N) is 1. The summed E-state index contributed by atoms with van der Waals surface area (Å²) < 4.78 is 11.9. The van der Waals surface area contributed by atoms with E-state index in [9.17, 15) is 14.4 Å². The summed E-state index contributed by atoms with van der Waals surface area (Å²) >= 11 is 0. The molecule has 1 N–H and O–H groups in total. The number of likely N-dealkylation sites (tertiary alicyclic amines) is 1. The molecule has 1 aromatic heterocycles. The van der Waals surface area contributed by atoms with E-state index in [1.807, 2.05) is 12.1 Å². The number of amides is 3. The minimum absolute atomic E-state index is 0.0625. The Morgan fingerprint density at radius 3 is 2.67 bits per heavy atom. The first-order valence-electron chi connectivity index (χ1n) is 14.8. The second-order valence-corrected chi connectivity index (χ2v) is 11.8. The third-order valence-electron chi connectivity index (χ3n) is 8.97. The molecule has 0 saturated carbocycles. The number of methoxy groups -OCH3 is 1. The zero-order valence-electron chi connectivity index (χ0n) is 23.8. The summed E-state index contributed by atoms with van der Waals surface area (Å²) in [4.78, 5) is 48.0. The summed E-state index contributed by atoms with van der Waals surface area (Å²) in [5.74, 6) is 0.891. The van der Waals surface area contributed by atoms with Crippen molar-refractivity contribution in [3.05, 3.63) is 65.2 Å². The van der Waals surface area contributed by atoms with Crippen LogP contribution >= 0.6 is 0 Å². The van der Waals surface area contributed by atoms with Crippen LogP contribution in [0, 0.1) is 0 Å². The highest BCUT2D eigenvalue weighted by atomic mass is 16.5. The normalized spacial score (nSPS) is 24.5. The fourth-order valence-corrected chi connectivity index (χ4v) is 6.68. The molecule has 0 spiro atoms. The molecule has 1 unspecified atom stereocenters. The van der Waals surface area contributed by atoms with E-state index in [0.29, 0.717) is 18.5 Å². The highest BCUT2D eigenvalue weighted by Crippen LogP contribution is 2.31. The Bertz CT molecular complexity index is 1560. The SMILES string of the molecule is CO[C@H]1CCN(c2ccc3cc(CN4CC[C@H](Oc5ccc6c(c5)CN(C5CCC(=O)NC5=O)C6=O)C4)ccc3n2)C1. The Morgan fingerprint density at radius 2 is 1.83 bits per heavy atom. The Kier molecular flexibility index (Phi) is 7.03. The summed E-state index contributed by atoms with van der Waals surface area (Å²) in [6, 6.07) is 15.7. The summed E-state index contributed by atoms with van der Waals surface area (Å²) in [6.45, 7) is 4.82. The quantitative estimate of drug-likeness (QED) is 0.434. The van der Waals surface area contributed by atoms with Crippen LogP contribution in [0.1, 0.15) is 47.2 Å². The van der Waals surface area contributed by atoms with Crippen molar-refractivity contribution in [2.75, 3.05) is 38.2 Å². The number of ether oxygens (including phenoxy) is 2. The zero-order chi connectivity index (χ0) is 28.8. The number of pyridine rings is 1. The van der Waals surface area contributed by atoms with Gasteiger partial charge in [0.1, 0.15) is 23.7 Å². The lowest BCUT2D eigenvalue weighted by atomic mass is 10.0. The lowest BCUT2D eigenvalue weighted by Gasteiger charge is -2.29. The van der Waals surface area contributed by atoms with Crippen molar-refractivity contribution in [2.45, 2.75) is 57.0 Å². The highest BCUT2D eigenvalue weighted by Gasteiger charge is 2.39. The van der Waals surface area contributed by atoms with Crippen molar-refractivity contribution >= 4 is 34.4 Å². The van der Waals surface area contributed by atoms with Crippen LogP contribution in [0.25, 0.3) is 10.9 Å². The molecule has 3 fully saturated rings. The van der Waals surface area contributed by atoms with Gasteiger partial charge in [-0.25, -0.2) is 4.98 Å². The molecule has 3 amide bonds. The van der Waals surface area contributed by atoms with Crippen LogP contribution in [-0.2, 0) is 27.4 Å². The van der Waals surface area contributed by atoms with Crippen molar-refractivity contribution in [3.8, 4) is 5.75 Å². The van der Waals surface area contributed by atoms with Gasteiger partial charge in [-0.15, -0.1) is 0 Å². The van der Waals surface area contributed by atoms with Gasteiger partial charge >= 0.3 is 0 Å². The third kappa shape index (κ3) is 5.20. The fourth-order valence-electron chi connectivity index (χ4n) is 6.68. The van der Waals surface area contributed by atoms with E-state index in [1.165, 1.54) is 5.56 Å². The number of imide groups is 1. The van der Waals surface area contributed by atoms with Crippen LogP contribution in [0.15, 0.2) is 48.5 Å². The molecule has 4 aliphatic rings. The lowest BCUT2D eigenvalue weighted by Crippen LogP contribution is -2.52. The Hall–Kier alpha value is -4.02. The number of benzene rings is 2. The summed E-state index contributed by atoms with van der Waals surface area (Å²) in [5.41, 5.74) is 3.71. The van der Waals surface area contributed by atoms with E-state index in [4.69, 9.17) is 14.5 Å². The molecule has 3 atom stereocenters. The minimum Gasteiger partial charge on any atom is -0.489 e. The van der Waals surface area contributed by atoms with Gasteiger partial charge in [0.15, 0.2) is 0 Å². The molecule has 3 aromatic rings. The molecule has 218 valence electrons. The molecule has 7 rings (SSSR count). The molecule has 0 radical (unpaired) electrons. The maximum Gasteiger partial charge on any atom is 0.255 e. The Balaban J connectivity index is 0.954. The molecular formula is C32H35N5O5. The number of carbonyl (C=O) groups is 3. The van der Waals surface area contributed by atoms with E-state index >= 15 is 0 Å². The van der Waals surface area contributed by atoms with E-state index in [-0.39, 0.29) is 30.4 Å². The van der Waals surface area contributed by atoms with Crippen LogP contribution in [0.5, 0.6) is 5.75 Å². The fraction of sp³-hybridized carbons (Fsp3) is 0.438. The van der Waals surface area contributed by atoms with Crippen molar-refractivity contribution < 1.29 is 23.9 Å². The smallest absolute Gasteiger partial charge is 0.255 e.